The third-order valence-electron chi connectivity index (χ3n) is 4.50. The molecule has 1 N–H and O–H groups in total. The van der Waals surface area contributed by atoms with Crippen LogP contribution in [0.1, 0.15) is 56.1 Å². The van der Waals surface area contributed by atoms with Crippen molar-refractivity contribution < 1.29 is 0 Å². The van der Waals surface area contributed by atoms with Gasteiger partial charge in [-0.3, -0.25) is 4.79 Å². The van der Waals surface area contributed by atoms with E-state index in [4.69, 9.17) is 0 Å². The van der Waals surface area contributed by atoms with Crippen LogP contribution in [0.4, 0.5) is 0 Å². The number of thiophene rings is 1. The molecule has 5 nitrogen and oxygen atoms in total. The van der Waals surface area contributed by atoms with Crippen molar-refractivity contribution in [1.29, 1.82) is 0 Å². The maximum atomic E-state index is 12.7. The Bertz CT molecular complexity index is 885. The van der Waals surface area contributed by atoms with E-state index in [0.29, 0.717) is 11.7 Å². The summed E-state index contributed by atoms with van der Waals surface area (Å²) in [7, 11) is 0. The summed E-state index contributed by atoms with van der Waals surface area (Å²) in [6.07, 6.45) is 5.31. The molecule has 114 valence electrons. The van der Waals surface area contributed by atoms with Gasteiger partial charge in [-0.05, 0) is 41.7 Å². The molecule has 6 heteroatoms. The summed E-state index contributed by atoms with van der Waals surface area (Å²) in [4.78, 5) is 21.2. The van der Waals surface area contributed by atoms with Crippen LogP contribution in [-0.4, -0.2) is 19.6 Å². The normalized spacial score (nSPS) is 15.6. The molecule has 3 aromatic rings. The number of aromatic amines is 1. The second-order valence-corrected chi connectivity index (χ2v) is 7.15. The molecular formula is C16H18N4OS. The summed E-state index contributed by atoms with van der Waals surface area (Å²) < 4.78 is 1.35. The van der Waals surface area contributed by atoms with Crippen LogP contribution in [0.15, 0.2) is 22.6 Å². The molecule has 1 fully saturated rings. The van der Waals surface area contributed by atoms with Gasteiger partial charge < -0.3 is 4.98 Å². The minimum absolute atomic E-state index is 0.0742. The van der Waals surface area contributed by atoms with Crippen molar-refractivity contribution in [2.75, 3.05) is 0 Å². The van der Waals surface area contributed by atoms with Crippen LogP contribution in [0.3, 0.4) is 0 Å². The van der Waals surface area contributed by atoms with E-state index in [0.717, 1.165) is 16.1 Å². The van der Waals surface area contributed by atoms with Crippen molar-refractivity contribution in [2.24, 2.45) is 0 Å². The van der Waals surface area contributed by atoms with E-state index in [9.17, 15) is 4.79 Å². The zero-order valence-corrected chi connectivity index (χ0v) is 13.5. The molecular weight excluding hydrogens is 296 g/mol. The molecule has 0 unspecified atom stereocenters. The summed E-state index contributed by atoms with van der Waals surface area (Å²) in [5.41, 5.74) is 3.01. The van der Waals surface area contributed by atoms with E-state index in [2.05, 4.69) is 26.5 Å². The van der Waals surface area contributed by atoms with E-state index >= 15 is 0 Å². The first-order valence-corrected chi connectivity index (χ1v) is 8.58. The molecule has 1 aliphatic carbocycles. The van der Waals surface area contributed by atoms with Crippen LogP contribution in [0.5, 0.6) is 0 Å². The molecule has 1 aliphatic rings. The first kappa shape index (κ1) is 13.7. The molecule has 0 saturated heterocycles. The number of rotatable bonds is 3. The predicted molar refractivity (Wildman–Crippen MR) is 87.6 cm³/mol. The lowest BCUT2D eigenvalue weighted by Crippen LogP contribution is -2.22. The molecule has 22 heavy (non-hydrogen) atoms. The molecule has 3 aromatic heterocycles. The molecule has 0 radical (unpaired) electrons. The third kappa shape index (κ3) is 2.01. The van der Waals surface area contributed by atoms with Gasteiger partial charge in [-0.15, -0.1) is 11.3 Å². The number of fused-ring (bicyclic) bond motifs is 1. The van der Waals surface area contributed by atoms with E-state index in [1.807, 2.05) is 13.8 Å². The first-order chi connectivity index (χ1) is 10.6. The minimum atomic E-state index is -0.0742. The molecule has 0 bridgehead atoms. The van der Waals surface area contributed by atoms with Gasteiger partial charge in [0.1, 0.15) is 6.33 Å². The molecule has 3 heterocycles. The van der Waals surface area contributed by atoms with Crippen LogP contribution in [0.25, 0.3) is 16.3 Å². The molecule has 0 aromatic carbocycles. The van der Waals surface area contributed by atoms with E-state index in [-0.39, 0.29) is 11.5 Å². The maximum Gasteiger partial charge on any atom is 0.279 e. The highest BCUT2D eigenvalue weighted by molar-refractivity contribution is 7.13. The Morgan fingerprint density at radius 1 is 1.41 bits per heavy atom. The van der Waals surface area contributed by atoms with Crippen LogP contribution >= 0.6 is 11.3 Å². The highest BCUT2D eigenvalue weighted by Gasteiger charge is 2.23. The summed E-state index contributed by atoms with van der Waals surface area (Å²) in [5, 5.41) is 6.25. The summed E-state index contributed by atoms with van der Waals surface area (Å²) in [5.74, 6) is 1.33. The van der Waals surface area contributed by atoms with Crippen molar-refractivity contribution in [3.63, 3.8) is 0 Å². The van der Waals surface area contributed by atoms with Crippen LogP contribution in [0, 0.1) is 0 Å². The van der Waals surface area contributed by atoms with Crippen molar-refractivity contribution in [3.05, 3.63) is 39.3 Å². The molecule has 0 atom stereocenters. The Morgan fingerprint density at radius 2 is 2.23 bits per heavy atom. The van der Waals surface area contributed by atoms with Crippen molar-refractivity contribution in [2.45, 2.75) is 44.9 Å². The number of hydrogen-bond donors (Lipinski definition) is 1. The maximum absolute atomic E-state index is 12.7. The summed E-state index contributed by atoms with van der Waals surface area (Å²) in [6.45, 7) is 4.08. The Morgan fingerprint density at radius 3 is 2.91 bits per heavy atom. The van der Waals surface area contributed by atoms with E-state index in [1.165, 1.54) is 35.7 Å². The lowest BCUT2D eigenvalue weighted by molar-refractivity contribution is 0.421. The lowest BCUT2D eigenvalue weighted by Gasteiger charge is -2.24. The second-order valence-electron chi connectivity index (χ2n) is 6.24. The number of aromatic nitrogens is 4. The van der Waals surface area contributed by atoms with E-state index < -0.39 is 0 Å². The molecule has 0 amide bonds. The molecule has 0 spiro atoms. The second kappa shape index (κ2) is 5.05. The van der Waals surface area contributed by atoms with Gasteiger partial charge in [-0.2, -0.15) is 14.6 Å². The van der Waals surface area contributed by atoms with Crippen LogP contribution in [-0.2, 0) is 0 Å². The zero-order valence-electron chi connectivity index (χ0n) is 12.7. The molecule has 4 rings (SSSR count). The van der Waals surface area contributed by atoms with Crippen molar-refractivity contribution in [3.8, 4) is 10.6 Å². The van der Waals surface area contributed by atoms with Gasteiger partial charge in [0.05, 0.1) is 10.6 Å². The van der Waals surface area contributed by atoms with Crippen molar-refractivity contribution >= 4 is 17.1 Å². The van der Waals surface area contributed by atoms with Crippen molar-refractivity contribution in [1.82, 2.24) is 19.6 Å². The average Bonchev–Trinajstić information content (AvgIpc) is 3.04. The van der Waals surface area contributed by atoms with Gasteiger partial charge in [0.15, 0.2) is 0 Å². The van der Waals surface area contributed by atoms with Gasteiger partial charge >= 0.3 is 0 Å². The highest BCUT2D eigenvalue weighted by Crippen LogP contribution is 2.40. The fourth-order valence-electron chi connectivity index (χ4n) is 3.04. The zero-order chi connectivity index (χ0) is 15.3. The fraction of sp³-hybridized carbons (Fsp3) is 0.438. The number of nitrogens with one attached hydrogen (secondary N) is 1. The SMILES string of the molecule is CC(C)c1c(-c2cc(C3CCC3)cs2)[nH]c2ncnn2c1=O. The smallest absolute Gasteiger partial charge is 0.279 e. The van der Waals surface area contributed by atoms with Gasteiger partial charge in [-0.1, -0.05) is 20.3 Å². The summed E-state index contributed by atoms with van der Waals surface area (Å²) in [6, 6.07) is 2.23. The standard InChI is InChI=1S/C16H18N4OS/c1-9(2)13-14(19-16-17-8-18-20(16)15(13)21)12-6-11(7-22-12)10-4-3-5-10/h6-10H,3-5H2,1-2H3,(H,17,18,19). The number of H-pyrrole nitrogens is 1. The quantitative estimate of drug-likeness (QED) is 0.804. The lowest BCUT2D eigenvalue weighted by atomic mass is 9.81. The first-order valence-electron chi connectivity index (χ1n) is 7.70. The Kier molecular flexibility index (Phi) is 3.14. The monoisotopic (exact) mass is 314 g/mol. The predicted octanol–water partition coefficient (Wildman–Crippen LogP) is 3.54. The average molecular weight is 314 g/mol. The number of hydrogen-bond acceptors (Lipinski definition) is 4. The fourth-order valence-corrected chi connectivity index (χ4v) is 4.05. The van der Waals surface area contributed by atoms with Gasteiger partial charge in [0.25, 0.3) is 5.56 Å². The Hall–Kier alpha value is -1.95. The van der Waals surface area contributed by atoms with E-state index in [1.54, 1.807) is 11.3 Å². The highest BCUT2D eigenvalue weighted by atomic mass is 32.1. The largest absolute Gasteiger partial charge is 0.322 e. The Balaban J connectivity index is 1.90. The van der Waals surface area contributed by atoms with Crippen LogP contribution in [0.2, 0.25) is 0 Å². The third-order valence-corrected chi connectivity index (χ3v) is 5.46. The summed E-state index contributed by atoms with van der Waals surface area (Å²) >= 11 is 1.70. The van der Waals surface area contributed by atoms with Gasteiger partial charge in [0, 0.05) is 5.56 Å². The Labute approximate surface area is 132 Å². The minimum Gasteiger partial charge on any atom is -0.322 e. The number of nitrogens with zero attached hydrogens (tertiary/aromatic N) is 3. The van der Waals surface area contributed by atoms with Gasteiger partial charge in [0.2, 0.25) is 5.78 Å². The molecule has 0 aliphatic heterocycles. The van der Waals surface area contributed by atoms with Crippen LogP contribution < -0.4 is 5.56 Å². The topological polar surface area (TPSA) is 63.1 Å². The van der Waals surface area contributed by atoms with Gasteiger partial charge in [-0.25, -0.2) is 0 Å². The molecule has 1 saturated carbocycles.